The summed E-state index contributed by atoms with van der Waals surface area (Å²) in [6.07, 6.45) is 5.34. The molecule has 0 amide bonds. The molecule has 1 aromatic carbocycles. The number of benzene rings is 1. The molecule has 0 unspecified atom stereocenters. The van der Waals surface area contributed by atoms with Crippen LogP contribution in [0.1, 0.15) is 31.2 Å². The number of aliphatic hydroxyl groups excluding tert-OH is 1. The van der Waals surface area contributed by atoms with E-state index in [0.29, 0.717) is 5.56 Å². The highest BCUT2D eigenvalue weighted by atomic mass is 35.5. The lowest BCUT2D eigenvalue weighted by atomic mass is 9.97. The molecule has 0 saturated carbocycles. The van der Waals surface area contributed by atoms with Crippen molar-refractivity contribution in [3.8, 4) is 0 Å². The van der Waals surface area contributed by atoms with Gasteiger partial charge in [-0.1, -0.05) is 0 Å². The molecule has 23 heavy (non-hydrogen) atoms. The standard InChI is InChI=1S/C16H22FN3O.2ClH/c1-11-12(17)6-7-14-16(11)20(10-19-14)9-3-4-13-15(21)5-2-8-18-13;;/h6-7,10,13,15,18,21H,2-5,8-9H2,1H3;2*1H/t13-,15+;;/m1../s1. The zero-order chi connectivity index (χ0) is 14.8. The van der Waals surface area contributed by atoms with E-state index in [0.717, 1.165) is 49.8 Å². The van der Waals surface area contributed by atoms with Gasteiger partial charge in [0, 0.05) is 18.2 Å². The molecule has 2 N–H and O–H groups in total. The summed E-state index contributed by atoms with van der Waals surface area (Å²) in [5, 5.41) is 13.3. The molecule has 0 spiro atoms. The average molecular weight is 364 g/mol. The minimum absolute atomic E-state index is 0. The van der Waals surface area contributed by atoms with E-state index in [2.05, 4.69) is 10.3 Å². The van der Waals surface area contributed by atoms with Crippen molar-refractivity contribution in [3.05, 3.63) is 29.8 Å². The van der Waals surface area contributed by atoms with Crippen molar-refractivity contribution in [2.45, 2.75) is 51.3 Å². The number of nitrogens with zero attached hydrogens (tertiary/aromatic N) is 2. The zero-order valence-electron chi connectivity index (χ0n) is 13.2. The van der Waals surface area contributed by atoms with E-state index in [9.17, 15) is 9.50 Å². The molecular formula is C16H24Cl2FN3O. The number of aromatic nitrogens is 2. The minimum atomic E-state index is -0.238. The first-order chi connectivity index (χ1) is 10.2. The maximum absolute atomic E-state index is 13.7. The molecule has 7 heteroatoms. The lowest BCUT2D eigenvalue weighted by molar-refractivity contribution is 0.0909. The number of aryl methyl sites for hydroxylation is 2. The molecule has 1 aromatic heterocycles. The maximum Gasteiger partial charge on any atom is 0.128 e. The third-order valence-electron chi connectivity index (χ3n) is 4.43. The first-order valence-electron chi connectivity index (χ1n) is 7.68. The Labute approximate surface area is 148 Å². The van der Waals surface area contributed by atoms with Crippen LogP contribution in [-0.2, 0) is 6.54 Å². The smallest absolute Gasteiger partial charge is 0.128 e. The highest BCUT2D eigenvalue weighted by Gasteiger charge is 2.21. The Morgan fingerprint density at radius 2 is 2.17 bits per heavy atom. The van der Waals surface area contributed by atoms with E-state index in [1.54, 1.807) is 19.3 Å². The second-order valence-corrected chi connectivity index (χ2v) is 5.89. The predicted molar refractivity (Wildman–Crippen MR) is 95.2 cm³/mol. The number of fused-ring (bicyclic) bond motifs is 1. The fraction of sp³-hybridized carbons (Fsp3) is 0.562. The number of hydrogen-bond donors (Lipinski definition) is 2. The van der Waals surface area contributed by atoms with E-state index in [-0.39, 0.29) is 42.8 Å². The third-order valence-corrected chi connectivity index (χ3v) is 4.43. The van der Waals surface area contributed by atoms with Crippen molar-refractivity contribution in [1.82, 2.24) is 14.9 Å². The Balaban J connectivity index is 0.00000132. The Morgan fingerprint density at radius 1 is 1.39 bits per heavy atom. The number of rotatable bonds is 4. The van der Waals surface area contributed by atoms with Gasteiger partial charge in [0.25, 0.3) is 0 Å². The van der Waals surface area contributed by atoms with Crippen LogP contribution in [0.25, 0.3) is 11.0 Å². The molecule has 1 aliphatic rings. The van der Waals surface area contributed by atoms with Gasteiger partial charge in [0.05, 0.1) is 23.5 Å². The molecule has 130 valence electrons. The van der Waals surface area contributed by atoms with Crippen LogP contribution in [0.3, 0.4) is 0 Å². The van der Waals surface area contributed by atoms with Gasteiger partial charge < -0.3 is 15.0 Å². The third kappa shape index (κ3) is 4.35. The second-order valence-electron chi connectivity index (χ2n) is 5.89. The molecule has 0 aliphatic carbocycles. The summed E-state index contributed by atoms with van der Waals surface area (Å²) < 4.78 is 15.7. The Kier molecular flexibility index (Phi) is 7.74. The number of halogens is 3. The molecule has 0 radical (unpaired) electrons. The van der Waals surface area contributed by atoms with Gasteiger partial charge >= 0.3 is 0 Å². The van der Waals surface area contributed by atoms with Crippen LogP contribution in [0, 0.1) is 12.7 Å². The molecule has 1 saturated heterocycles. The molecule has 2 aromatic rings. The van der Waals surface area contributed by atoms with Gasteiger partial charge in [-0.2, -0.15) is 0 Å². The van der Waals surface area contributed by atoms with Gasteiger partial charge in [-0.3, -0.25) is 0 Å². The summed E-state index contributed by atoms with van der Waals surface area (Å²) in [6.45, 7) is 3.58. The fourth-order valence-electron chi connectivity index (χ4n) is 3.20. The van der Waals surface area contributed by atoms with E-state index in [4.69, 9.17) is 0 Å². The van der Waals surface area contributed by atoms with Crippen molar-refractivity contribution in [1.29, 1.82) is 0 Å². The van der Waals surface area contributed by atoms with Gasteiger partial charge in [0.15, 0.2) is 0 Å². The molecule has 1 aliphatic heterocycles. The van der Waals surface area contributed by atoms with E-state index in [1.807, 2.05) is 4.57 Å². The summed E-state index contributed by atoms with van der Waals surface area (Å²) >= 11 is 0. The summed E-state index contributed by atoms with van der Waals surface area (Å²) in [7, 11) is 0. The maximum atomic E-state index is 13.7. The molecule has 3 rings (SSSR count). The summed E-state index contributed by atoms with van der Waals surface area (Å²) in [5.41, 5.74) is 2.37. The van der Waals surface area contributed by atoms with Crippen LogP contribution in [0.2, 0.25) is 0 Å². The van der Waals surface area contributed by atoms with E-state index < -0.39 is 0 Å². The lowest BCUT2D eigenvalue weighted by Crippen LogP contribution is -2.44. The molecule has 1 fully saturated rings. The minimum Gasteiger partial charge on any atom is -0.392 e. The van der Waals surface area contributed by atoms with Crippen molar-refractivity contribution >= 4 is 35.8 Å². The second kappa shape index (κ2) is 8.83. The van der Waals surface area contributed by atoms with Crippen LogP contribution in [0.15, 0.2) is 18.5 Å². The molecule has 4 nitrogen and oxygen atoms in total. The van der Waals surface area contributed by atoms with Crippen molar-refractivity contribution in [2.75, 3.05) is 6.54 Å². The summed E-state index contributed by atoms with van der Waals surface area (Å²) in [4.78, 5) is 4.33. The highest BCUT2D eigenvalue weighted by molar-refractivity contribution is 5.85. The first-order valence-corrected chi connectivity index (χ1v) is 7.68. The van der Waals surface area contributed by atoms with Crippen LogP contribution >= 0.6 is 24.8 Å². The Morgan fingerprint density at radius 3 is 2.91 bits per heavy atom. The molecule has 2 atom stereocenters. The number of imidazole rings is 1. The predicted octanol–water partition coefficient (Wildman–Crippen LogP) is 3.22. The van der Waals surface area contributed by atoms with Crippen LogP contribution < -0.4 is 5.32 Å². The zero-order valence-corrected chi connectivity index (χ0v) is 14.8. The summed E-state index contributed by atoms with van der Waals surface area (Å²) in [5.74, 6) is -0.186. The number of hydrogen-bond acceptors (Lipinski definition) is 3. The average Bonchev–Trinajstić information content (AvgIpc) is 2.89. The van der Waals surface area contributed by atoms with Gasteiger partial charge in [0.1, 0.15) is 5.82 Å². The van der Waals surface area contributed by atoms with Gasteiger partial charge in [-0.15, -0.1) is 24.8 Å². The van der Waals surface area contributed by atoms with Gasteiger partial charge in [0.2, 0.25) is 0 Å². The number of aliphatic hydroxyl groups is 1. The summed E-state index contributed by atoms with van der Waals surface area (Å²) in [6, 6.07) is 3.38. The number of nitrogens with one attached hydrogen (secondary N) is 1. The van der Waals surface area contributed by atoms with Crippen LogP contribution in [0.5, 0.6) is 0 Å². The SMILES string of the molecule is Cc1c(F)ccc2ncn(CCC[C@H]3NCCC[C@@H]3O)c12.Cl.Cl. The van der Waals surface area contributed by atoms with Crippen LogP contribution in [0.4, 0.5) is 4.39 Å². The monoisotopic (exact) mass is 363 g/mol. The van der Waals surface area contributed by atoms with Gasteiger partial charge in [-0.25, -0.2) is 9.37 Å². The Bertz CT molecular complexity index is 635. The molecule has 2 heterocycles. The molecular weight excluding hydrogens is 340 g/mol. The highest BCUT2D eigenvalue weighted by Crippen LogP contribution is 2.21. The molecule has 0 bridgehead atoms. The van der Waals surface area contributed by atoms with E-state index >= 15 is 0 Å². The largest absolute Gasteiger partial charge is 0.392 e. The van der Waals surface area contributed by atoms with Crippen molar-refractivity contribution < 1.29 is 9.50 Å². The van der Waals surface area contributed by atoms with E-state index in [1.165, 1.54) is 6.07 Å². The normalized spacial score (nSPS) is 20.8. The number of piperidine rings is 1. The first kappa shape index (κ1) is 20.2. The quantitative estimate of drug-likeness (QED) is 0.876. The van der Waals surface area contributed by atoms with Crippen molar-refractivity contribution in [2.24, 2.45) is 0 Å². The van der Waals surface area contributed by atoms with Gasteiger partial charge in [-0.05, 0) is 51.3 Å². The Hall–Kier alpha value is -0.880. The fourth-order valence-corrected chi connectivity index (χ4v) is 3.20. The topological polar surface area (TPSA) is 50.1 Å². The lowest BCUT2D eigenvalue weighted by Gasteiger charge is -2.29. The van der Waals surface area contributed by atoms with Crippen molar-refractivity contribution in [3.63, 3.8) is 0 Å². The van der Waals surface area contributed by atoms with Crippen LogP contribution in [-0.4, -0.2) is 33.3 Å².